The van der Waals surface area contributed by atoms with Gasteiger partial charge in [0.1, 0.15) is 30.0 Å². The largest absolute Gasteiger partial charge is 0.461 e. The molecule has 3 aliphatic heterocycles. The number of hydrogen-bond acceptors (Lipinski definition) is 15. The third-order valence-electron chi connectivity index (χ3n) is 8.84. The van der Waals surface area contributed by atoms with E-state index in [4.69, 9.17) is 39.9 Å². The van der Waals surface area contributed by atoms with Crippen LogP contribution >= 0.6 is 0 Å². The summed E-state index contributed by atoms with van der Waals surface area (Å²) in [4.78, 5) is 62.0. The van der Waals surface area contributed by atoms with Gasteiger partial charge < -0.3 is 50.7 Å². The van der Waals surface area contributed by atoms with E-state index in [0.29, 0.717) is 38.4 Å². The zero-order valence-electron chi connectivity index (χ0n) is 39.9. The van der Waals surface area contributed by atoms with Crippen LogP contribution in [0.25, 0.3) is 0 Å². The number of hydrogen-bond donors (Lipinski definition) is 3. The van der Waals surface area contributed by atoms with E-state index < -0.39 is 47.0 Å². The first-order valence-corrected chi connectivity index (χ1v) is 21.0. The molecule has 6 N–H and O–H groups in total. The number of nitriles is 3. The van der Waals surface area contributed by atoms with Gasteiger partial charge >= 0.3 is 30.3 Å². The number of benzene rings is 2. The number of nitrogens with two attached hydrogens (primary N) is 1. The second-order valence-electron chi connectivity index (χ2n) is 18.2. The van der Waals surface area contributed by atoms with Crippen molar-refractivity contribution in [1.82, 2.24) is 26.2 Å². The average Bonchev–Trinajstić information content (AvgIpc) is 3.98. The van der Waals surface area contributed by atoms with E-state index in [1.54, 1.807) is 26.8 Å². The van der Waals surface area contributed by atoms with Crippen molar-refractivity contribution < 1.29 is 47.7 Å². The van der Waals surface area contributed by atoms with Crippen molar-refractivity contribution in [2.24, 2.45) is 17.6 Å². The molecule has 2 aromatic carbocycles. The first kappa shape index (κ1) is 57.1. The van der Waals surface area contributed by atoms with Gasteiger partial charge in [0.2, 0.25) is 0 Å². The standard InChI is InChI=1S/C18H23N3O4.C10H17N3O2.C10H14N2O2.C9H10O2.H3N/c1-18(2,3)25-17(23)21-10-14(9-19)15(11-21)20-16(22)24-12-13-7-5-4-6-8-13;1-10(2,3)15-9(14)13-5-7(4-11)8(12)6-13;1-10(2,3)14-9(13)12-5-4-8(6-11)7-12;1-8(10)11-7-9-5-3-2-4-6-9;/h4-8,14-15H,10-12H2,1-3H3,(H,20,22);7-8H,5-6,12H2,1-3H3;4H,5,7H2,1-3H3;2-6H,7H2,1H3;1H3. The molecule has 2 saturated heterocycles. The lowest BCUT2D eigenvalue weighted by Gasteiger charge is -2.24. The molecule has 2 aromatic rings. The first-order chi connectivity index (χ1) is 30.3. The second kappa shape index (κ2) is 26.8. The fourth-order valence-electron chi connectivity index (χ4n) is 5.77. The van der Waals surface area contributed by atoms with Crippen molar-refractivity contribution in [3.05, 3.63) is 83.4 Å². The van der Waals surface area contributed by atoms with E-state index in [1.807, 2.05) is 108 Å². The van der Waals surface area contributed by atoms with Crippen LogP contribution < -0.4 is 17.2 Å². The minimum atomic E-state index is -0.612. The van der Waals surface area contributed by atoms with Crippen LogP contribution in [0.2, 0.25) is 0 Å². The smallest absolute Gasteiger partial charge is 0.410 e. The SMILES string of the molecule is CC(=O)OCc1ccccc1.CC(C)(C)OC(=O)N1CC(C#N)C(NC(=O)OCc2ccccc2)C1.CC(C)(C)OC(=O)N1CC(N)C(C#N)C1.CC(C)(C)OC(=O)N1CC=C(C#N)C1.N. The number of nitrogens with one attached hydrogen (secondary N) is 1. The monoisotopic (exact) mass is 918 g/mol. The van der Waals surface area contributed by atoms with Gasteiger partial charge in [-0.3, -0.25) is 9.69 Å². The molecular weight excluding hydrogens is 851 g/mol. The average molecular weight is 918 g/mol. The van der Waals surface area contributed by atoms with Crippen LogP contribution in [0.5, 0.6) is 0 Å². The summed E-state index contributed by atoms with van der Waals surface area (Å²) in [5, 5.41) is 29.3. The molecule has 0 aliphatic carbocycles. The summed E-state index contributed by atoms with van der Waals surface area (Å²) in [5.41, 5.74) is 6.62. The highest BCUT2D eigenvalue weighted by Crippen LogP contribution is 2.21. The van der Waals surface area contributed by atoms with Crippen LogP contribution in [0.3, 0.4) is 0 Å². The van der Waals surface area contributed by atoms with Gasteiger partial charge in [-0.1, -0.05) is 60.7 Å². The van der Waals surface area contributed by atoms with E-state index >= 15 is 0 Å². The fraction of sp³-hybridized carbons (Fsp3) is 0.532. The highest BCUT2D eigenvalue weighted by Gasteiger charge is 2.39. The van der Waals surface area contributed by atoms with Gasteiger partial charge in [0, 0.05) is 51.3 Å². The maximum atomic E-state index is 12.1. The normalized spacial score (nSPS) is 18.4. The number of nitrogens with zero attached hydrogens (tertiary/aromatic N) is 6. The summed E-state index contributed by atoms with van der Waals surface area (Å²) < 4.78 is 25.6. The number of ether oxygens (including phenoxy) is 5. The van der Waals surface area contributed by atoms with E-state index in [2.05, 4.69) is 17.5 Å². The van der Waals surface area contributed by atoms with Crippen molar-refractivity contribution in [2.75, 3.05) is 39.3 Å². The van der Waals surface area contributed by atoms with E-state index in [0.717, 1.165) is 11.1 Å². The summed E-state index contributed by atoms with van der Waals surface area (Å²) in [6.07, 6.45) is -0.117. The van der Waals surface area contributed by atoms with Crippen LogP contribution in [0.4, 0.5) is 19.2 Å². The lowest BCUT2D eigenvalue weighted by molar-refractivity contribution is -0.142. The Morgan fingerprint density at radius 1 is 0.652 bits per heavy atom. The molecule has 4 amide bonds. The molecule has 0 saturated carbocycles. The summed E-state index contributed by atoms with van der Waals surface area (Å²) in [6.45, 7) is 20.2. The molecule has 0 spiro atoms. The quantitative estimate of drug-likeness (QED) is 0.201. The number of likely N-dealkylation sites (tertiary alicyclic amines) is 2. The lowest BCUT2D eigenvalue weighted by Crippen LogP contribution is -2.41. The first-order valence-electron chi connectivity index (χ1n) is 21.0. The molecule has 360 valence electrons. The molecule has 5 rings (SSSR count). The van der Waals surface area contributed by atoms with Crippen molar-refractivity contribution in [1.29, 1.82) is 15.8 Å². The van der Waals surface area contributed by atoms with E-state index in [1.165, 1.54) is 21.6 Å². The van der Waals surface area contributed by atoms with Crippen LogP contribution in [-0.4, -0.2) is 113 Å². The Morgan fingerprint density at radius 3 is 1.47 bits per heavy atom. The molecular formula is C47H67N9O10. The number of alkyl carbamates (subject to hydrolysis) is 1. The maximum absolute atomic E-state index is 12.1. The molecule has 3 aliphatic rings. The van der Waals surface area contributed by atoms with E-state index in [-0.39, 0.29) is 49.9 Å². The minimum absolute atomic E-state index is 0. The second-order valence-corrected chi connectivity index (χ2v) is 18.2. The molecule has 3 heterocycles. The number of esters is 1. The van der Waals surface area contributed by atoms with Gasteiger partial charge in [-0.25, -0.2) is 19.2 Å². The lowest BCUT2D eigenvalue weighted by atomic mass is 10.1. The van der Waals surface area contributed by atoms with Gasteiger partial charge in [-0.2, -0.15) is 15.8 Å². The van der Waals surface area contributed by atoms with Gasteiger partial charge in [0.15, 0.2) is 0 Å². The molecule has 66 heavy (non-hydrogen) atoms. The van der Waals surface area contributed by atoms with Gasteiger partial charge in [0.25, 0.3) is 0 Å². The molecule has 19 heteroatoms. The predicted molar refractivity (Wildman–Crippen MR) is 244 cm³/mol. The molecule has 19 nitrogen and oxygen atoms in total. The van der Waals surface area contributed by atoms with Crippen molar-refractivity contribution in [3.63, 3.8) is 0 Å². The molecule has 0 aromatic heterocycles. The number of carbonyl (C=O) groups excluding carboxylic acids is 5. The Balaban J connectivity index is 0.000000461. The molecule has 4 unspecified atom stereocenters. The maximum Gasteiger partial charge on any atom is 0.410 e. The van der Waals surface area contributed by atoms with Gasteiger partial charge in [-0.15, -0.1) is 0 Å². The van der Waals surface area contributed by atoms with Gasteiger partial charge in [-0.05, 0) is 79.5 Å². The fourth-order valence-corrected chi connectivity index (χ4v) is 5.77. The van der Waals surface area contributed by atoms with Crippen LogP contribution in [0.1, 0.15) is 80.4 Å². The summed E-state index contributed by atoms with van der Waals surface area (Å²) in [5.74, 6) is -1.02. The Labute approximate surface area is 388 Å². The van der Waals surface area contributed by atoms with Crippen molar-refractivity contribution in [2.45, 2.75) is 111 Å². The summed E-state index contributed by atoms with van der Waals surface area (Å²) >= 11 is 0. The minimum Gasteiger partial charge on any atom is -0.461 e. The molecule has 0 bridgehead atoms. The van der Waals surface area contributed by atoms with Crippen molar-refractivity contribution >= 4 is 30.3 Å². The summed E-state index contributed by atoms with van der Waals surface area (Å²) in [6, 6.07) is 24.4. The van der Waals surface area contributed by atoms with E-state index in [9.17, 15) is 29.2 Å². The van der Waals surface area contributed by atoms with Crippen LogP contribution in [0, 0.1) is 45.8 Å². The van der Waals surface area contributed by atoms with Gasteiger partial charge in [0.05, 0.1) is 42.6 Å². The third-order valence-corrected chi connectivity index (χ3v) is 8.84. The highest BCUT2D eigenvalue weighted by atomic mass is 16.6. The number of rotatable bonds is 5. The number of amides is 4. The Bertz CT molecular complexity index is 2040. The number of carbonyl (C=O) groups is 5. The zero-order chi connectivity index (χ0) is 49.0. The molecule has 2 fully saturated rings. The third kappa shape index (κ3) is 22.7. The topological polar surface area (TPSA) is 286 Å². The Hall–Kier alpha value is -6.88. The highest BCUT2D eigenvalue weighted by molar-refractivity contribution is 5.71. The predicted octanol–water partition coefficient (Wildman–Crippen LogP) is 6.97. The van der Waals surface area contributed by atoms with Crippen LogP contribution in [0.15, 0.2) is 72.3 Å². The van der Waals surface area contributed by atoms with Crippen molar-refractivity contribution in [3.8, 4) is 18.2 Å². The molecule has 0 radical (unpaired) electrons. The Kier molecular flexibility index (Phi) is 23.2. The van der Waals surface area contributed by atoms with Crippen LogP contribution in [-0.2, 0) is 41.7 Å². The Morgan fingerprint density at radius 2 is 1.08 bits per heavy atom. The summed E-state index contributed by atoms with van der Waals surface area (Å²) in [7, 11) is 0. The molecule has 4 atom stereocenters. The zero-order valence-corrected chi connectivity index (χ0v) is 39.9.